The molecule has 29 heavy (non-hydrogen) atoms. The Morgan fingerprint density at radius 2 is 2.07 bits per heavy atom. The van der Waals surface area contributed by atoms with Crippen LogP contribution in [-0.4, -0.2) is 69.0 Å². The third-order valence-electron chi connectivity index (χ3n) is 3.81. The van der Waals surface area contributed by atoms with Crippen molar-refractivity contribution in [2.75, 3.05) is 27.4 Å². The van der Waals surface area contributed by atoms with E-state index in [0.717, 1.165) is 12.8 Å². The van der Waals surface area contributed by atoms with Gasteiger partial charge in [0.15, 0.2) is 0 Å². The second kappa shape index (κ2) is 14.4. The standard InChI is InChI=1S/C18H31N2O8P/c1-14(2)27-18(23)6-5-11-25-29(24-4)26-12-15-7-8-17(28-15)20(3)10-9-16(22)19-13-21/h9-10,13-15,17H,5-8,11-12H2,1-4H3,(H,19,21,22)/b10-9-. The van der Waals surface area contributed by atoms with Gasteiger partial charge in [-0.2, -0.15) is 0 Å². The fraction of sp³-hybridized carbons (Fsp3) is 0.722. The van der Waals surface area contributed by atoms with Crippen LogP contribution in [0.15, 0.2) is 12.3 Å². The lowest BCUT2D eigenvalue weighted by atomic mass is 10.2. The molecule has 0 bridgehead atoms. The van der Waals surface area contributed by atoms with E-state index in [0.29, 0.717) is 26.0 Å². The van der Waals surface area contributed by atoms with Gasteiger partial charge in [-0.05, 0) is 33.1 Å². The highest BCUT2D eigenvalue weighted by atomic mass is 31.2. The SMILES string of the molecule is COP(OCCCC(=O)OC(C)C)OCC1CCC(N(C)/C=C\C(=O)NC=O)O1. The first-order valence-corrected chi connectivity index (χ1v) is 10.5. The molecule has 0 aromatic heterocycles. The Labute approximate surface area is 172 Å². The van der Waals surface area contributed by atoms with Gasteiger partial charge < -0.3 is 27.9 Å². The van der Waals surface area contributed by atoms with Crippen molar-refractivity contribution in [3.05, 3.63) is 12.3 Å². The van der Waals surface area contributed by atoms with Crippen molar-refractivity contribution >= 4 is 26.9 Å². The number of rotatable bonds is 14. The fourth-order valence-electron chi connectivity index (χ4n) is 2.46. The summed E-state index contributed by atoms with van der Waals surface area (Å²) in [4.78, 5) is 34.7. The minimum atomic E-state index is -1.52. The third-order valence-corrected chi connectivity index (χ3v) is 4.86. The van der Waals surface area contributed by atoms with Crippen LogP contribution in [0.2, 0.25) is 0 Å². The number of carbonyl (C=O) groups excluding carboxylic acids is 3. The molecule has 1 rings (SSSR count). The Balaban J connectivity index is 2.24. The molecule has 1 N–H and O–H groups in total. The summed E-state index contributed by atoms with van der Waals surface area (Å²) in [6.07, 6.45) is 5.08. The van der Waals surface area contributed by atoms with E-state index in [1.54, 1.807) is 32.0 Å². The van der Waals surface area contributed by atoms with Gasteiger partial charge >= 0.3 is 14.6 Å². The Hall–Kier alpha value is -1.58. The molecule has 1 fully saturated rings. The van der Waals surface area contributed by atoms with Gasteiger partial charge in [0.2, 0.25) is 6.41 Å². The lowest BCUT2D eigenvalue weighted by molar-refractivity contribution is -0.147. The van der Waals surface area contributed by atoms with Crippen LogP contribution in [0.5, 0.6) is 0 Å². The van der Waals surface area contributed by atoms with Gasteiger partial charge in [-0.3, -0.25) is 19.7 Å². The predicted molar refractivity (Wildman–Crippen MR) is 105 cm³/mol. The lowest BCUT2D eigenvalue weighted by Crippen LogP contribution is -2.29. The van der Waals surface area contributed by atoms with E-state index in [-0.39, 0.29) is 30.8 Å². The Morgan fingerprint density at radius 1 is 1.31 bits per heavy atom. The molecular weight excluding hydrogens is 403 g/mol. The van der Waals surface area contributed by atoms with Gasteiger partial charge in [0.05, 0.1) is 25.4 Å². The lowest BCUT2D eigenvalue weighted by Gasteiger charge is -2.23. The summed E-state index contributed by atoms with van der Waals surface area (Å²) in [6, 6.07) is 0. The fourth-order valence-corrected chi connectivity index (χ4v) is 3.31. The Bertz CT molecular complexity index is 546. The zero-order valence-corrected chi connectivity index (χ0v) is 18.3. The van der Waals surface area contributed by atoms with Crippen molar-refractivity contribution in [2.45, 2.75) is 58.0 Å². The van der Waals surface area contributed by atoms with Crippen molar-refractivity contribution in [1.29, 1.82) is 0 Å². The van der Waals surface area contributed by atoms with Gasteiger partial charge in [0.1, 0.15) is 6.23 Å². The molecule has 3 unspecified atom stereocenters. The molecule has 0 aromatic carbocycles. The van der Waals surface area contributed by atoms with Crippen LogP contribution >= 0.6 is 8.60 Å². The molecule has 10 nitrogen and oxygen atoms in total. The monoisotopic (exact) mass is 434 g/mol. The number of nitrogens with one attached hydrogen (secondary N) is 1. The van der Waals surface area contributed by atoms with E-state index in [9.17, 15) is 14.4 Å². The predicted octanol–water partition coefficient (Wildman–Crippen LogP) is 1.85. The summed E-state index contributed by atoms with van der Waals surface area (Å²) in [5.41, 5.74) is 0. The maximum Gasteiger partial charge on any atom is 0.332 e. The van der Waals surface area contributed by atoms with Gasteiger partial charge in [-0.15, -0.1) is 0 Å². The third kappa shape index (κ3) is 11.3. The molecule has 166 valence electrons. The quantitative estimate of drug-likeness (QED) is 0.144. The molecule has 0 saturated carbocycles. The average molecular weight is 434 g/mol. The second-order valence-corrected chi connectivity index (χ2v) is 7.90. The van der Waals surface area contributed by atoms with Crippen molar-refractivity contribution in [1.82, 2.24) is 10.2 Å². The highest BCUT2D eigenvalue weighted by molar-refractivity contribution is 7.41. The molecule has 0 radical (unpaired) electrons. The van der Waals surface area contributed by atoms with E-state index < -0.39 is 14.5 Å². The van der Waals surface area contributed by atoms with Crippen LogP contribution in [0, 0.1) is 0 Å². The number of nitrogens with zero attached hydrogens (tertiary/aromatic N) is 1. The molecule has 0 aliphatic carbocycles. The summed E-state index contributed by atoms with van der Waals surface area (Å²) in [6.45, 7) is 4.26. The molecule has 1 aliphatic heterocycles. The normalized spacial score (nSPS) is 20.0. The number of hydrogen-bond acceptors (Lipinski definition) is 9. The summed E-state index contributed by atoms with van der Waals surface area (Å²) in [7, 11) is 1.77. The second-order valence-electron chi connectivity index (χ2n) is 6.58. The summed E-state index contributed by atoms with van der Waals surface area (Å²) in [5.74, 6) is -0.747. The van der Waals surface area contributed by atoms with Crippen LogP contribution in [-0.2, 0) is 37.4 Å². The van der Waals surface area contributed by atoms with E-state index in [2.05, 4.69) is 0 Å². The van der Waals surface area contributed by atoms with Crippen molar-refractivity contribution in [3.8, 4) is 0 Å². The Kier molecular flexibility index (Phi) is 12.6. The van der Waals surface area contributed by atoms with Crippen molar-refractivity contribution in [3.63, 3.8) is 0 Å². The van der Waals surface area contributed by atoms with Crippen LogP contribution < -0.4 is 5.32 Å². The first kappa shape index (κ1) is 25.5. The van der Waals surface area contributed by atoms with E-state index in [1.165, 1.54) is 13.2 Å². The topological polar surface area (TPSA) is 113 Å². The zero-order chi connectivity index (χ0) is 21.6. The largest absolute Gasteiger partial charge is 0.463 e. The van der Waals surface area contributed by atoms with Gasteiger partial charge in [0, 0.05) is 32.9 Å². The average Bonchev–Trinajstić information content (AvgIpc) is 3.14. The minimum Gasteiger partial charge on any atom is -0.463 e. The molecule has 1 aliphatic rings. The number of carbonyl (C=O) groups is 3. The number of hydrogen-bond donors (Lipinski definition) is 1. The zero-order valence-electron chi connectivity index (χ0n) is 17.4. The molecule has 1 heterocycles. The number of esters is 1. The maximum absolute atomic E-state index is 11.5. The molecule has 0 aromatic rings. The molecule has 2 amide bonds. The van der Waals surface area contributed by atoms with E-state index >= 15 is 0 Å². The molecule has 11 heteroatoms. The summed E-state index contributed by atoms with van der Waals surface area (Å²) in [5, 5.41) is 2.03. The minimum absolute atomic E-state index is 0.121. The van der Waals surface area contributed by atoms with Crippen LogP contribution in [0.25, 0.3) is 0 Å². The molecule has 0 spiro atoms. The first-order chi connectivity index (χ1) is 13.8. The van der Waals surface area contributed by atoms with Crippen LogP contribution in [0.3, 0.4) is 0 Å². The molecule has 3 atom stereocenters. The van der Waals surface area contributed by atoms with Gasteiger partial charge in [0.25, 0.3) is 5.91 Å². The summed E-state index contributed by atoms with van der Waals surface area (Å²) < 4.78 is 27.3. The number of ether oxygens (including phenoxy) is 2. The van der Waals surface area contributed by atoms with E-state index in [4.69, 9.17) is 23.0 Å². The summed E-state index contributed by atoms with van der Waals surface area (Å²) >= 11 is 0. The highest BCUT2D eigenvalue weighted by Gasteiger charge is 2.28. The van der Waals surface area contributed by atoms with Crippen LogP contribution in [0.4, 0.5) is 0 Å². The molecule has 1 saturated heterocycles. The van der Waals surface area contributed by atoms with Crippen LogP contribution in [0.1, 0.15) is 39.5 Å². The highest BCUT2D eigenvalue weighted by Crippen LogP contribution is 2.39. The van der Waals surface area contributed by atoms with Gasteiger partial charge in [-0.25, -0.2) is 0 Å². The van der Waals surface area contributed by atoms with Crippen molar-refractivity contribution < 1.29 is 37.4 Å². The number of imide groups is 1. The van der Waals surface area contributed by atoms with Gasteiger partial charge in [-0.1, -0.05) is 0 Å². The first-order valence-electron chi connectivity index (χ1n) is 9.45. The number of amides is 2. The smallest absolute Gasteiger partial charge is 0.332 e. The Morgan fingerprint density at radius 3 is 2.72 bits per heavy atom. The molecular formula is C18H31N2O8P. The van der Waals surface area contributed by atoms with Crippen molar-refractivity contribution in [2.24, 2.45) is 0 Å². The van der Waals surface area contributed by atoms with E-state index in [1.807, 2.05) is 5.32 Å². The maximum atomic E-state index is 11.5.